The predicted octanol–water partition coefficient (Wildman–Crippen LogP) is 1.57. The lowest BCUT2D eigenvalue weighted by Crippen LogP contribution is -2.07. The highest BCUT2D eigenvalue weighted by atomic mass is 31.0. The molecule has 0 saturated carbocycles. The molecule has 0 radical (unpaired) electrons. The lowest BCUT2D eigenvalue weighted by atomic mass is 10.5. The van der Waals surface area contributed by atoms with E-state index in [1.165, 1.54) is 0 Å². The number of hydrogen-bond acceptors (Lipinski definition) is 2. The minimum Gasteiger partial charge on any atom is -0.353 e. The minimum atomic E-state index is -0.0834. The molecule has 0 saturated heterocycles. The molecule has 0 bridgehead atoms. The fourth-order valence-electron chi connectivity index (χ4n) is 0.323. The van der Waals surface area contributed by atoms with Crippen molar-refractivity contribution in [1.82, 2.24) is 0 Å². The maximum atomic E-state index is 5.10. The summed E-state index contributed by atoms with van der Waals surface area (Å²) in [5, 5.41) is 0. The van der Waals surface area contributed by atoms with Crippen molar-refractivity contribution in [2.24, 2.45) is 0 Å². The van der Waals surface area contributed by atoms with Crippen LogP contribution in [0, 0.1) is 0 Å². The summed E-state index contributed by atoms with van der Waals surface area (Å²) in [7, 11) is 2.16. The lowest BCUT2D eigenvalue weighted by molar-refractivity contribution is -0.0560. The van der Waals surface area contributed by atoms with Crippen LogP contribution in [0.5, 0.6) is 0 Å². The van der Waals surface area contributed by atoms with E-state index >= 15 is 0 Å². The van der Waals surface area contributed by atoms with Gasteiger partial charge in [0.15, 0.2) is 6.29 Å². The first-order valence-electron chi connectivity index (χ1n) is 2.78. The van der Waals surface area contributed by atoms with Crippen LogP contribution in [0.1, 0.15) is 20.3 Å². The highest BCUT2D eigenvalue weighted by molar-refractivity contribution is 7.09. The zero-order chi connectivity index (χ0) is 6.41. The Labute approximate surface area is 52.8 Å². The highest BCUT2D eigenvalue weighted by Gasteiger charge is 1.94. The quantitative estimate of drug-likeness (QED) is 0.431. The van der Waals surface area contributed by atoms with Crippen LogP contribution in [-0.4, -0.2) is 12.9 Å². The largest absolute Gasteiger partial charge is 0.353 e. The Morgan fingerprint density at radius 1 is 1.62 bits per heavy atom. The fourth-order valence-corrected chi connectivity index (χ4v) is 0.402. The van der Waals surface area contributed by atoms with Gasteiger partial charge in [-0.05, 0) is 13.3 Å². The van der Waals surface area contributed by atoms with Gasteiger partial charge in [-0.1, -0.05) is 6.92 Å². The molecule has 0 spiro atoms. The minimum absolute atomic E-state index is 0.0834. The zero-order valence-corrected chi connectivity index (χ0v) is 6.54. The molecule has 0 heterocycles. The second-order valence-electron chi connectivity index (χ2n) is 1.57. The molecule has 2 atom stereocenters. The van der Waals surface area contributed by atoms with Crippen molar-refractivity contribution in [3.8, 4) is 0 Å². The van der Waals surface area contributed by atoms with Crippen molar-refractivity contribution >= 4 is 9.47 Å². The Morgan fingerprint density at radius 3 is 2.62 bits per heavy atom. The summed E-state index contributed by atoms with van der Waals surface area (Å²) in [6, 6.07) is 0. The Balaban J connectivity index is 2.86. The molecule has 0 amide bonds. The molecule has 3 heteroatoms. The van der Waals surface area contributed by atoms with Crippen LogP contribution in [-0.2, 0) is 9.26 Å². The van der Waals surface area contributed by atoms with E-state index in [1.54, 1.807) is 0 Å². The second kappa shape index (κ2) is 5.49. The molecule has 0 aliphatic heterocycles. The van der Waals surface area contributed by atoms with Crippen molar-refractivity contribution in [2.75, 3.05) is 6.61 Å². The standard InChI is InChI=1S/C5H13O2P/c1-3-4-6-5(2)7-8/h5H,3-4,8H2,1-2H3. The lowest BCUT2D eigenvalue weighted by Gasteiger charge is -2.08. The van der Waals surface area contributed by atoms with E-state index in [-0.39, 0.29) is 6.29 Å². The van der Waals surface area contributed by atoms with Gasteiger partial charge in [0.25, 0.3) is 0 Å². The SMILES string of the molecule is CCCOC(C)OP. The number of ether oxygens (including phenoxy) is 1. The van der Waals surface area contributed by atoms with E-state index < -0.39 is 0 Å². The second-order valence-corrected chi connectivity index (χ2v) is 1.85. The van der Waals surface area contributed by atoms with Crippen molar-refractivity contribution < 1.29 is 9.26 Å². The van der Waals surface area contributed by atoms with Gasteiger partial charge in [-0.25, -0.2) is 0 Å². The van der Waals surface area contributed by atoms with Crippen molar-refractivity contribution in [1.29, 1.82) is 0 Å². The van der Waals surface area contributed by atoms with Crippen LogP contribution in [0.3, 0.4) is 0 Å². The zero-order valence-electron chi connectivity index (χ0n) is 5.39. The van der Waals surface area contributed by atoms with Gasteiger partial charge in [0.2, 0.25) is 0 Å². The van der Waals surface area contributed by atoms with Gasteiger partial charge < -0.3 is 9.26 Å². The molecule has 0 aromatic carbocycles. The average molecular weight is 136 g/mol. The van der Waals surface area contributed by atoms with Gasteiger partial charge in [0.05, 0.1) is 0 Å². The van der Waals surface area contributed by atoms with E-state index in [4.69, 9.17) is 9.26 Å². The fraction of sp³-hybridized carbons (Fsp3) is 1.00. The summed E-state index contributed by atoms with van der Waals surface area (Å²) in [6.07, 6.45) is 0.957. The highest BCUT2D eigenvalue weighted by Crippen LogP contribution is 1.98. The van der Waals surface area contributed by atoms with E-state index in [0.29, 0.717) is 0 Å². The Bertz CT molecular complexity index is 49.7. The molecule has 0 N–H and O–H groups in total. The van der Waals surface area contributed by atoms with Crippen molar-refractivity contribution in [2.45, 2.75) is 26.6 Å². The average Bonchev–Trinajstić information content (AvgIpc) is 1.83. The third-order valence-electron chi connectivity index (χ3n) is 0.748. The molecule has 0 aliphatic rings. The number of rotatable bonds is 4. The first-order chi connectivity index (χ1) is 3.81. The van der Waals surface area contributed by atoms with E-state index in [9.17, 15) is 0 Å². The Kier molecular flexibility index (Phi) is 5.73. The summed E-state index contributed by atoms with van der Waals surface area (Å²) in [6.45, 7) is 4.70. The van der Waals surface area contributed by atoms with Gasteiger partial charge in [0.1, 0.15) is 0 Å². The van der Waals surface area contributed by atoms with E-state index in [2.05, 4.69) is 16.4 Å². The topological polar surface area (TPSA) is 18.5 Å². The normalized spacial score (nSPS) is 13.9. The monoisotopic (exact) mass is 136 g/mol. The van der Waals surface area contributed by atoms with Gasteiger partial charge in [-0.3, -0.25) is 0 Å². The smallest absolute Gasteiger partial charge is 0.157 e. The molecule has 2 nitrogen and oxygen atoms in total. The van der Waals surface area contributed by atoms with Gasteiger partial charge >= 0.3 is 0 Å². The van der Waals surface area contributed by atoms with Crippen LogP contribution in [0.25, 0.3) is 0 Å². The van der Waals surface area contributed by atoms with Crippen LogP contribution in [0.15, 0.2) is 0 Å². The summed E-state index contributed by atoms with van der Waals surface area (Å²) >= 11 is 0. The first-order valence-corrected chi connectivity index (χ1v) is 3.25. The molecule has 50 valence electrons. The summed E-state index contributed by atoms with van der Waals surface area (Å²) in [4.78, 5) is 0. The third kappa shape index (κ3) is 4.51. The molecule has 0 rings (SSSR count). The Morgan fingerprint density at radius 2 is 2.25 bits per heavy atom. The maximum Gasteiger partial charge on any atom is 0.157 e. The molecular weight excluding hydrogens is 123 g/mol. The summed E-state index contributed by atoms with van der Waals surface area (Å²) < 4.78 is 9.84. The van der Waals surface area contributed by atoms with Gasteiger partial charge in [-0.15, -0.1) is 0 Å². The maximum absolute atomic E-state index is 5.10. The van der Waals surface area contributed by atoms with Crippen LogP contribution >= 0.6 is 9.47 Å². The third-order valence-corrected chi connectivity index (χ3v) is 1.13. The van der Waals surface area contributed by atoms with Gasteiger partial charge in [-0.2, -0.15) is 0 Å². The van der Waals surface area contributed by atoms with Crippen molar-refractivity contribution in [3.05, 3.63) is 0 Å². The van der Waals surface area contributed by atoms with Gasteiger partial charge in [0, 0.05) is 16.1 Å². The van der Waals surface area contributed by atoms with Crippen molar-refractivity contribution in [3.63, 3.8) is 0 Å². The molecule has 8 heavy (non-hydrogen) atoms. The van der Waals surface area contributed by atoms with Crippen LogP contribution < -0.4 is 0 Å². The Hall–Kier alpha value is 0.350. The molecule has 0 aromatic rings. The van der Waals surface area contributed by atoms with Crippen LogP contribution in [0.2, 0.25) is 0 Å². The summed E-state index contributed by atoms with van der Waals surface area (Å²) in [5.41, 5.74) is 0. The molecule has 0 fully saturated rings. The van der Waals surface area contributed by atoms with Crippen LogP contribution in [0.4, 0.5) is 0 Å². The molecule has 0 aliphatic carbocycles. The molecular formula is C5H13O2P. The van der Waals surface area contributed by atoms with E-state index in [0.717, 1.165) is 13.0 Å². The molecule has 2 unspecified atom stereocenters. The van der Waals surface area contributed by atoms with E-state index in [1.807, 2.05) is 6.92 Å². The number of hydrogen-bond donors (Lipinski definition) is 0. The summed E-state index contributed by atoms with van der Waals surface area (Å²) in [5.74, 6) is 0. The molecule has 0 aromatic heterocycles. The predicted molar refractivity (Wildman–Crippen MR) is 36.5 cm³/mol. The first kappa shape index (κ1) is 8.35.